The van der Waals surface area contributed by atoms with Crippen LogP contribution in [-0.4, -0.2) is 22.9 Å². The van der Waals surface area contributed by atoms with Gasteiger partial charge in [-0.1, -0.05) is 13.8 Å². The van der Waals surface area contributed by atoms with E-state index in [4.69, 9.17) is 5.11 Å². The van der Waals surface area contributed by atoms with Gasteiger partial charge < -0.3 is 15.7 Å². The first-order chi connectivity index (χ1) is 8.97. The van der Waals surface area contributed by atoms with Gasteiger partial charge in [0, 0.05) is 18.5 Å². The normalized spacial score (nSPS) is 9.79. The zero-order chi connectivity index (χ0) is 14.4. The molecule has 3 N–H and O–H groups in total. The van der Waals surface area contributed by atoms with Crippen LogP contribution < -0.4 is 10.6 Å². The fraction of sp³-hybridized carbons (Fsp3) is 0.308. The fourth-order valence-corrected chi connectivity index (χ4v) is 1.40. The Labute approximate surface area is 110 Å². The SMILES string of the molecule is CCC(=O)Nc1ccc(NC(=O)CC)c(C(=O)O)c1. The summed E-state index contributed by atoms with van der Waals surface area (Å²) >= 11 is 0. The highest BCUT2D eigenvalue weighted by Crippen LogP contribution is 2.21. The molecule has 6 nitrogen and oxygen atoms in total. The topological polar surface area (TPSA) is 95.5 Å². The van der Waals surface area contributed by atoms with Crippen LogP contribution in [0.25, 0.3) is 0 Å². The van der Waals surface area contributed by atoms with E-state index in [-0.39, 0.29) is 29.5 Å². The van der Waals surface area contributed by atoms with Gasteiger partial charge in [-0.2, -0.15) is 0 Å². The molecule has 0 aromatic heterocycles. The van der Waals surface area contributed by atoms with Gasteiger partial charge >= 0.3 is 5.97 Å². The van der Waals surface area contributed by atoms with Crippen molar-refractivity contribution in [3.63, 3.8) is 0 Å². The summed E-state index contributed by atoms with van der Waals surface area (Å²) in [6.45, 7) is 3.37. The van der Waals surface area contributed by atoms with Crippen molar-refractivity contribution in [1.29, 1.82) is 0 Å². The summed E-state index contributed by atoms with van der Waals surface area (Å²) in [7, 11) is 0. The Hall–Kier alpha value is -2.37. The predicted molar refractivity (Wildman–Crippen MR) is 71.2 cm³/mol. The molecule has 1 rings (SSSR count). The maximum absolute atomic E-state index is 11.3. The number of aromatic carboxylic acids is 1. The van der Waals surface area contributed by atoms with Gasteiger partial charge in [0.25, 0.3) is 0 Å². The second-order valence-electron chi connectivity index (χ2n) is 3.87. The Morgan fingerprint density at radius 3 is 2.16 bits per heavy atom. The summed E-state index contributed by atoms with van der Waals surface area (Å²) in [5, 5.41) is 14.2. The molecule has 1 aromatic rings. The van der Waals surface area contributed by atoms with Crippen LogP contribution in [0.4, 0.5) is 11.4 Å². The molecule has 6 heteroatoms. The first kappa shape index (κ1) is 14.7. The van der Waals surface area contributed by atoms with Gasteiger partial charge in [0.1, 0.15) is 0 Å². The van der Waals surface area contributed by atoms with Crippen LogP contribution in [0.15, 0.2) is 18.2 Å². The van der Waals surface area contributed by atoms with Crippen molar-refractivity contribution in [2.24, 2.45) is 0 Å². The number of hydrogen-bond donors (Lipinski definition) is 3. The molecule has 0 unspecified atom stereocenters. The van der Waals surface area contributed by atoms with E-state index < -0.39 is 5.97 Å². The van der Waals surface area contributed by atoms with Gasteiger partial charge in [-0.15, -0.1) is 0 Å². The minimum absolute atomic E-state index is 0.0595. The molecule has 0 heterocycles. The van der Waals surface area contributed by atoms with Crippen LogP contribution >= 0.6 is 0 Å². The summed E-state index contributed by atoms with van der Waals surface area (Å²) in [4.78, 5) is 33.7. The molecule has 19 heavy (non-hydrogen) atoms. The maximum Gasteiger partial charge on any atom is 0.337 e. The van der Waals surface area contributed by atoms with Crippen LogP contribution in [0.3, 0.4) is 0 Å². The van der Waals surface area contributed by atoms with Crippen molar-refractivity contribution in [3.8, 4) is 0 Å². The van der Waals surface area contributed by atoms with Gasteiger partial charge in [-0.05, 0) is 18.2 Å². The van der Waals surface area contributed by atoms with Crippen molar-refractivity contribution in [1.82, 2.24) is 0 Å². The van der Waals surface area contributed by atoms with E-state index in [9.17, 15) is 14.4 Å². The molecular formula is C13H16N2O4. The molecule has 0 saturated heterocycles. The van der Waals surface area contributed by atoms with Gasteiger partial charge in [0.05, 0.1) is 11.3 Å². The summed E-state index contributed by atoms with van der Waals surface area (Å²) in [6, 6.07) is 4.33. The summed E-state index contributed by atoms with van der Waals surface area (Å²) in [5.74, 6) is -1.64. The van der Waals surface area contributed by atoms with Crippen molar-refractivity contribution in [3.05, 3.63) is 23.8 Å². The van der Waals surface area contributed by atoms with Crippen LogP contribution in [0.5, 0.6) is 0 Å². The quantitative estimate of drug-likeness (QED) is 0.758. The Morgan fingerprint density at radius 2 is 1.63 bits per heavy atom. The first-order valence-electron chi connectivity index (χ1n) is 5.95. The van der Waals surface area contributed by atoms with Crippen LogP contribution in [0.1, 0.15) is 37.0 Å². The van der Waals surface area contributed by atoms with E-state index in [0.717, 1.165) is 0 Å². The number of carbonyl (C=O) groups excluding carboxylic acids is 2. The molecule has 0 bridgehead atoms. The van der Waals surface area contributed by atoms with Gasteiger partial charge in [0.15, 0.2) is 0 Å². The van der Waals surface area contributed by atoms with E-state index in [2.05, 4.69) is 10.6 Å². The Bertz CT molecular complexity index is 511. The number of carboxylic acids is 1. The van der Waals surface area contributed by atoms with Crippen LogP contribution in [0, 0.1) is 0 Å². The third-order valence-electron chi connectivity index (χ3n) is 2.45. The van der Waals surface area contributed by atoms with Gasteiger partial charge in [0.2, 0.25) is 11.8 Å². The third kappa shape index (κ3) is 4.09. The molecule has 0 spiro atoms. The number of carboxylic acid groups (broad SMARTS) is 1. The highest BCUT2D eigenvalue weighted by molar-refractivity contribution is 6.02. The zero-order valence-corrected chi connectivity index (χ0v) is 10.8. The number of carbonyl (C=O) groups is 3. The molecule has 1 aromatic carbocycles. The second kappa shape index (κ2) is 6.53. The average molecular weight is 264 g/mol. The number of rotatable bonds is 5. The Morgan fingerprint density at radius 1 is 1.05 bits per heavy atom. The summed E-state index contributed by atoms with van der Waals surface area (Å²) in [5.41, 5.74) is 0.545. The Kier molecular flexibility index (Phi) is 5.05. The molecule has 0 atom stereocenters. The van der Waals surface area contributed by atoms with Crippen molar-refractivity contribution in [2.45, 2.75) is 26.7 Å². The number of amides is 2. The molecule has 0 aliphatic carbocycles. The van der Waals surface area contributed by atoms with E-state index in [1.54, 1.807) is 19.9 Å². The van der Waals surface area contributed by atoms with E-state index >= 15 is 0 Å². The number of benzene rings is 1. The molecular weight excluding hydrogens is 248 g/mol. The summed E-state index contributed by atoms with van der Waals surface area (Å²) < 4.78 is 0. The smallest absolute Gasteiger partial charge is 0.337 e. The lowest BCUT2D eigenvalue weighted by atomic mass is 10.1. The van der Waals surface area contributed by atoms with Crippen molar-refractivity contribution >= 4 is 29.2 Å². The van der Waals surface area contributed by atoms with E-state index in [1.165, 1.54) is 12.1 Å². The fourth-order valence-electron chi connectivity index (χ4n) is 1.40. The first-order valence-corrected chi connectivity index (χ1v) is 5.95. The number of anilines is 2. The van der Waals surface area contributed by atoms with E-state index in [0.29, 0.717) is 12.1 Å². The average Bonchev–Trinajstić information content (AvgIpc) is 2.39. The molecule has 0 radical (unpaired) electrons. The Balaban J connectivity index is 3.04. The third-order valence-corrected chi connectivity index (χ3v) is 2.45. The minimum Gasteiger partial charge on any atom is -0.478 e. The van der Waals surface area contributed by atoms with Gasteiger partial charge in [-0.25, -0.2) is 4.79 Å². The lowest BCUT2D eigenvalue weighted by Gasteiger charge is -2.10. The molecule has 0 aliphatic rings. The number of hydrogen-bond acceptors (Lipinski definition) is 3. The molecule has 0 fully saturated rings. The predicted octanol–water partition coefficient (Wildman–Crippen LogP) is 2.08. The lowest BCUT2D eigenvalue weighted by Crippen LogP contribution is -2.14. The van der Waals surface area contributed by atoms with Crippen LogP contribution in [-0.2, 0) is 9.59 Å². The molecule has 102 valence electrons. The molecule has 0 saturated carbocycles. The molecule has 2 amide bonds. The second-order valence-corrected chi connectivity index (χ2v) is 3.87. The van der Waals surface area contributed by atoms with Gasteiger partial charge in [-0.3, -0.25) is 9.59 Å². The monoisotopic (exact) mass is 264 g/mol. The highest BCUT2D eigenvalue weighted by atomic mass is 16.4. The minimum atomic E-state index is -1.17. The largest absolute Gasteiger partial charge is 0.478 e. The highest BCUT2D eigenvalue weighted by Gasteiger charge is 2.13. The van der Waals surface area contributed by atoms with E-state index in [1.807, 2.05) is 0 Å². The number of nitrogens with one attached hydrogen (secondary N) is 2. The lowest BCUT2D eigenvalue weighted by molar-refractivity contribution is -0.116. The van der Waals surface area contributed by atoms with Crippen LogP contribution in [0.2, 0.25) is 0 Å². The zero-order valence-electron chi connectivity index (χ0n) is 10.8. The molecule has 0 aliphatic heterocycles. The standard InChI is InChI=1S/C13H16N2O4/c1-3-11(16)14-8-5-6-10(15-12(17)4-2)9(7-8)13(18)19/h5-7H,3-4H2,1-2H3,(H,14,16)(H,15,17)(H,18,19). The maximum atomic E-state index is 11.3. The van der Waals surface area contributed by atoms with Crippen molar-refractivity contribution in [2.75, 3.05) is 10.6 Å². The summed E-state index contributed by atoms with van der Waals surface area (Å²) in [6.07, 6.45) is 0.560. The van der Waals surface area contributed by atoms with Crippen molar-refractivity contribution < 1.29 is 19.5 Å².